The van der Waals surface area contributed by atoms with Crippen molar-refractivity contribution in [2.75, 3.05) is 17.7 Å². The zero-order chi connectivity index (χ0) is 14.2. The van der Waals surface area contributed by atoms with Gasteiger partial charge in [0, 0.05) is 19.0 Å². The van der Waals surface area contributed by atoms with Crippen LogP contribution in [0, 0.1) is 0 Å². The van der Waals surface area contributed by atoms with E-state index < -0.39 is 9.84 Å². The molecule has 1 aliphatic rings. The van der Waals surface area contributed by atoms with E-state index in [1.807, 2.05) is 0 Å². The molecule has 0 aliphatic carbocycles. The lowest BCUT2D eigenvalue weighted by atomic mass is 10.1. The normalized spacial score (nSPS) is 19.4. The van der Waals surface area contributed by atoms with Gasteiger partial charge in [0.15, 0.2) is 9.84 Å². The number of pyridine rings is 1. The van der Waals surface area contributed by atoms with Gasteiger partial charge in [0.25, 0.3) is 0 Å². The van der Waals surface area contributed by atoms with Gasteiger partial charge in [-0.2, -0.15) is 11.3 Å². The zero-order valence-corrected chi connectivity index (χ0v) is 12.8. The average molecular weight is 308 g/mol. The number of nitrogens with zero attached hydrogens (tertiary/aromatic N) is 2. The van der Waals surface area contributed by atoms with E-state index in [9.17, 15) is 8.42 Å². The fraction of sp³-hybridized carbons (Fsp3) is 0.357. The summed E-state index contributed by atoms with van der Waals surface area (Å²) in [4.78, 5) is 6.78. The highest BCUT2D eigenvalue weighted by Gasteiger charge is 2.30. The lowest BCUT2D eigenvalue weighted by Gasteiger charge is -2.26. The molecule has 3 rings (SSSR count). The van der Waals surface area contributed by atoms with Crippen molar-refractivity contribution in [2.24, 2.45) is 0 Å². The number of thiophene rings is 1. The second-order valence-electron chi connectivity index (χ2n) is 5.01. The number of rotatable bonds is 3. The summed E-state index contributed by atoms with van der Waals surface area (Å²) in [5.74, 6) is 0.587. The molecule has 0 radical (unpaired) electrons. The molecule has 1 saturated heterocycles. The first-order valence-corrected chi connectivity index (χ1v) is 9.34. The Hall–Kier alpha value is -1.40. The van der Waals surface area contributed by atoms with Crippen molar-refractivity contribution in [1.82, 2.24) is 4.98 Å². The Labute approximate surface area is 123 Å². The predicted octanol–water partition coefficient (Wildman–Crippen LogP) is 2.89. The average Bonchev–Trinajstić information content (AvgIpc) is 3.08. The highest BCUT2D eigenvalue weighted by Crippen LogP contribution is 2.38. The van der Waals surface area contributed by atoms with Crippen molar-refractivity contribution in [3.8, 4) is 0 Å². The maximum absolute atomic E-state index is 11.9. The van der Waals surface area contributed by atoms with Gasteiger partial charge >= 0.3 is 0 Å². The van der Waals surface area contributed by atoms with Crippen molar-refractivity contribution in [1.29, 1.82) is 0 Å². The summed E-state index contributed by atoms with van der Waals surface area (Å²) in [6.45, 7) is 0.847. The monoisotopic (exact) mass is 308 g/mol. The molecule has 3 heterocycles. The van der Waals surface area contributed by atoms with Crippen LogP contribution in [-0.4, -0.2) is 26.2 Å². The maximum Gasteiger partial charge on any atom is 0.179 e. The third kappa shape index (κ3) is 2.45. The van der Waals surface area contributed by atoms with Crippen LogP contribution in [0.3, 0.4) is 0 Å². The smallest absolute Gasteiger partial charge is 0.179 e. The topological polar surface area (TPSA) is 50.3 Å². The Kier molecular flexibility index (Phi) is 3.52. The fourth-order valence-corrected chi connectivity index (χ4v) is 4.25. The van der Waals surface area contributed by atoms with E-state index in [1.165, 1.54) is 11.8 Å². The number of hydrogen-bond acceptors (Lipinski definition) is 5. The Morgan fingerprint density at radius 3 is 2.95 bits per heavy atom. The van der Waals surface area contributed by atoms with Crippen LogP contribution in [-0.2, 0) is 9.84 Å². The second kappa shape index (κ2) is 5.18. The quantitative estimate of drug-likeness (QED) is 0.875. The first kappa shape index (κ1) is 13.6. The minimum Gasteiger partial charge on any atom is -0.348 e. The minimum atomic E-state index is -3.26. The highest BCUT2D eigenvalue weighted by molar-refractivity contribution is 7.90. The third-order valence-electron chi connectivity index (χ3n) is 3.60. The van der Waals surface area contributed by atoms with E-state index in [2.05, 4.69) is 26.7 Å². The Morgan fingerprint density at radius 2 is 2.25 bits per heavy atom. The molecule has 1 atom stereocenters. The molecule has 1 aliphatic heterocycles. The predicted molar refractivity (Wildman–Crippen MR) is 81.0 cm³/mol. The lowest BCUT2D eigenvalue weighted by Crippen LogP contribution is -2.25. The van der Waals surface area contributed by atoms with Gasteiger partial charge in [-0.3, -0.25) is 0 Å². The summed E-state index contributed by atoms with van der Waals surface area (Å²) in [6, 6.07) is 5.66. The van der Waals surface area contributed by atoms with Crippen molar-refractivity contribution < 1.29 is 8.42 Å². The summed E-state index contributed by atoms with van der Waals surface area (Å²) in [6.07, 6.45) is 4.99. The maximum atomic E-state index is 11.9. The molecule has 0 spiro atoms. The fourth-order valence-electron chi connectivity index (χ4n) is 2.72. The van der Waals surface area contributed by atoms with Crippen LogP contribution in [0.5, 0.6) is 0 Å². The third-order valence-corrected chi connectivity index (χ3v) is 5.42. The standard InChI is InChI=1S/C14H16N2O2S2/c1-20(17,18)13-5-2-7-15-14(13)16-8-3-4-12(16)11-6-9-19-10-11/h2,5-7,9-10,12H,3-4,8H2,1H3. The van der Waals surface area contributed by atoms with Gasteiger partial charge in [-0.1, -0.05) is 0 Å². The largest absolute Gasteiger partial charge is 0.348 e. The first-order valence-electron chi connectivity index (χ1n) is 6.51. The molecule has 0 N–H and O–H groups in total. The zero-order valence-electron chi connectivity index (χ0n) is 11.2. The highest BCUT2D eigenvalue weighted by atomic mass is 32.2. The summed E-state index contributed by atoms with van der Waals surface area (Å²) in [5.41, 5.74) is 1.25. The van der Waals surface area contributed by atoms with Crippen LogP contribution < -0.4 is 4.90 Å². The van der Waals surface area contributed by atoms with Gasteiger partial charge in [0.1, 0.15) is 10.7 Å². The molecule has 0 aromatic carbocycles. The van der Waals surface area contributed by atoms with E-state index >= 15 is 0 Å². The number of anilines is 1. The van der Waals surface area contributed by atoms with Crippen LogP contribution in [0.25, 0.3) is 0 Å². The van der Waals surface area contributed by atoms with Crippen LogP contribution in [0.1, 0.15) is 24.4 Å². The van der Waals surface area contributed by atoms with Gasteiger partial charge in [-0.15, -0.1) is 0 Å². The molecule has 2 aromatic heterocycles. The van der Waals surface area contributed by atoms with E-state index in [4.69, 9.17) is 0 Å². The Bertz CT molecular complexity index is 696. The van der Waals surface area contributed by atoms with Crippen LogP contribution >= 0.6 is 11.3 Å². The summed E-state index contributed by atoms with van der Waals surface area (Å²) in [5, 5.41) is 4.19. The van der Waals surface area contributed by atoms with Gasteiger partial charge in [0.05, 0.1) is 6.04 Å². The van der Waals surface area contributed by atoms with Crippen molar-refractivity contribution in [2.45, 2.75) is 23.8 Å². The van der Waals surface area contributed by atoms with Gasteiger partial charge in [-0.25, -0.2) is 13.4 Å². The number of sulfone groups is 1. The van der Waals surface area contributed by atoms with Gasteiger partial charge in [-0.05, 0) is 47.4 Å². The van der Waals surface area contributed by atoms with Crippen LogP contribution in [0.4, 0.5) is 5.82 Å². The molecule has 106 valence electrons. The summed E-state index contributed by atoms with van der Waals surface area (Å²) < 4.78 is 23.9. The molecule has 6 heteroatoms. The molecule has 4 nitrogen and oxygen atoms in total. The minimum absolute atomic E-state index is 0.233. The molecule has 2 aromatic rings. The molecular weight excluding hydrogens is 292 g/mol. The summed E-state index contributed by atoms with van der Waals surface area (Å²) in [7, 11) is -3.26. The van der Waals surface area contributed by atoms with E-state index in [1.54, 1.807) is 29.7 Å². The van der Waals surface area contributed by atoms with E-state index in [-0.39, 0.29) is 6.04 Å². The Morgan fingerprint density at radius 1 is 1.40 bits per heavy atom. The molecule has 20 heavy (non-hydrogen) atoms. The molecule has 0 amide bonds. The van der Waals surface area contributed by atoms with Gasteiger partial charge in [0.2, 0.25) is 0 Å². The summed E-state index contributed by atoms with van der Waals surface area (Å²) >= 11 is 1.67. The van der Waals surface area contributed by atoms with Crippen LogP contribution in [0.15, 0.2) is 40.1 Å². The molecular formula is C14H16N2O2S2. The Balaban J connectivity index is 2.05. The number of hydrogen-bond donors (Lipinski definition) is 0. The molecule has 0 saturated carbocycles. The lowest BCUT2D eigenvalue weighted by molar-refractivity contribution is 0.600. The van der Waals surface area contributed by atoms with Gasteiger partial charge < -0.3 is 4.90 Å². The molecule has 1 fully saturated rings. The number of aromatic nitrogens is 1. The van der Waals surface area contributed by atoms with E-state index in [0.717, 1.165) is 19.4 Å². The van der Waals surface area contributed by atoms with Crippen molar-refractivity contribution in [3.05, 3.63) is 40.7 Å². The van der Waals surface area contributed by atoms with Crippen molar-refractivity contribution >= 4 is 27.0 Å². The van der Waals surface area contributed by atoms with Crippen molar-refractivity contribution in [3.63, 3.8) is 0 Å². The molecule has 0 bridgehead atoms. The van der Waals surface area contributed by atoms with E-state index in [0.29, 0.717) is 10.7 Å². The first-order chi connectivity index (χ1) is 9.57. The SMILES string of the molecule is CS(=O)(=O)c1cccnc1N1CCCC1c1ccsc1. The second-order valence-corrected chi connectivity index (χ2v) is 7.77. The molecule has 1 unspecified atom stereocenters. The van der Waals surface area contributed by atoms with Crippen LogP contribution in [0.2, 0.25) is 0 Å².